The van der Waals surface area contributed by atoms with Crippen LogP contribution < -0.4 is 16.6 Å². The Bertz CT molecular complexity index is 275. The number of hydrogen-bond acceptors (Lipinski definition) is 3. The molecule has 0 fully saturated rings. The molecule has 0 bridgehead atoms. The Morgan fingerprint density at radius 3 is 3.00 bits per heavy atom. The van der Waals surface area contributed by atoms with Crippen LogP contribution in [0.2, 0.25) is 0 Å². The van der Waals surface area contributed by atoms with Crippen LogP contribution in [-0.4, -0.2) is 11.0 Å². The molecule has 0 aliphatic rings. The van der Waals surface area contributed by atoms with Gasteiger partial charge in [-0.05, 0) is 18.6 Å². The lowest BCUT2D eigenvalue weighted by Gasteiger charge is -2.12. The van der Waals surface area contributed by atoms with Gasteiger partial charge in [-0.3, -0.25) is 10.4 Å². The number of urea groups is 1. The number of nitrogens with zero attached hydrogens (tertiary/aromatic N) is 1. The molecular weight excluding hydrogens is 168 g/mol. The second kappa shape index (κ2) is 4.42. The fourth-order valence-corrected chi connectivity index (χ4v) is 0.954. The number of rotatable bonds is 2. The van der Waals surface area contributed by atoms with Crippen LogP contribution in [0.3, 0.4) is 0 Å². The van der Waals surface area contributed by atoms with Crippen molar-refractivity contribution in [3.63, 3.8) is 0 Å². The fraction of sp³-hybridized carbons (Fsp3) is 0.250. The summed E-state index contributed by atoms with van der Waals surface area (Å²) in [5, 5.41) is 2.63. The van der Waals surface area contributed by atoms with E-state index < -0.39 is 6.03 Å². The third-order valence-electron chi connectivity index (χ3n) is 1.66. The third-order valence-corrected chi connectivity index (χ3v) is 1.66. The summed E-state index contributed by atoms with van der Waals surface area (Å²) in [5.41, 5.74) is 2.93. The summed E-state index contributed by atoms with van der Waals surface area (Å²) in [6.45, 7) is 1.85. The fourth-order valence-electron chi connectivity index (χ4n) is 0.954. The Morgan fingerprint density at radius 2 is 2.46 bits per heavy atom. The molecule has 0 aromatic carbocycles. The van der Waals surface area contributed by atoms with Crippen LogP contribution in [-0.2, 0) is 0 Å². The maximum atomic E-state index is 10.8. The lowest BCUT2D eigenvalue weighted by Crippen LogP contribution is -2.40. The summed E-state index contributed by atoms with van der Waals surface area (Å²) in [6, 6.07) is 3.19. The van der Waals surface area contributed by atoms with Gasteiger partial charge < -0.3 is 5.32 Å². The maximum absolute atomic E-state index is 10.8. The normalized spacial score (nSPS) is 11.8. The average molecular weight is 180 g/mol. The number of carbonyl (C=O) groups excluding carboxylic acids is 1. The molecule has 1 aromatic heterocycles. The van der Waals surface area contributed by atoms with E-state index in [1.54, 1.807) is 12.4 Å². The third kappa shape index (κ3) is 2.72. The summed E-state index contributed by atoms with van der Waals surface area (Å²) >= 11 is 0. The Morgan fingerprint density at radius 1 is 1.69 bits per heavy atom. The number of nitrogens with two attached hydrogens (primary N) is 1. The first-order valence-electron chi connectivity index (χ1n) is 3.91. The zero-order chi connectivity index (χ0) is 9.68. The molecular formula is C8H12N4O. The van der Waals surface area contributed by atoms with Gasteiger partial charge in [-0.25, -0.2) is 10.6 Å². The Kier molecular flexibility index (Phi) is 3.22. The van der Waals surface area contributed by atoms with E-state index >= 15 is 0 Å². The van der Waals surface area contributed by atoms with E-state index in [0.717, 1.165) is 5.56 Å². The topological polar surface area (TPSA) is 80.0 Å². The number of amides is 2. The lowest BCUT2D eigenvalue weighted by molar-refractivity contribution is 0.238. The highest BCUT2D eigenvalue weighted by Gasteiger charge is 2.06. The van der Waals surface area contributed by atoms with Gasteiger partial charge >= 0.3 is 6.03 Å². The summed E-state index contributed by atoms with van der Waals surface area (Å²) in [7, 11) is 0. The number of hydrazine groups is 1. The molecule has 70 valence electrons. The van der Waals surface area contributed by atoms with E-state index in [0.29, 0.717) is 0 Å². The van der Waals surface area contributed by atoms with Crippen LogP contribution >= 0.6 is 0 Å². The van der Waals surface area contributed by atoms with Crippen LogP contribution in [0.5, 0.6) is 0 Å². The van der Waals surface area contributed by atoms with Crippen molar-refractivity contribution in [1.29, 1.82) is 0 Å². The zero-order valence-corrected chi connectivity index (χ0v) is 7.32. The quantitative estimate of drug-likeness (QED) is 0.348. The Hall–Kier alpha value is -1.62. The molecule has 0 spiro atoms. The number of carbonyl (C=O) groups is 1. The van der Waals surface area contributed by atoms with E-state index in [4.69, 9.17) is 5.84 Å². The number of aromatic nitrogens is 1. The van der Waals surface area contributed by atoms with Crippen molar-refractivity contribution in [1.82, 2.24) is 15.7 Å². The van der Waals surface area contributed by atoms with E-state index in [1.807, 2.05) is 24.5 Å². The maximum Gasteiger partial charge on any atom is 0.329 e. The van der Waals surface area contributed by atoms with Crippen LogP contribution in [0.15, 0.2) is 24.5 Å². The predicted molar refractivity (Wildman–Crippen MR) is 48.5 cm³/mol. The van der Waals surface area contributed by atoms with Crippen molar-refractivity contribution in [3.05, 3.63) is 30.1 Å². The minimum Gasteiger partial charge on any atom is -0.330 e. The molecule has 1 heterocycles. The van der Waals surface area contributed by atoms with Gasteiger partial charge in [0.2, 0.25) is 0 Å². The van der Waals surface area contributed by atoms with Gasteiger partial charge in [0.05, 0.1) is 6.04 Å². The molecule has 0 aliphatic heterocycles. The van der Waals surface area contributed by atoms with E-state index in [2.05, 4.69) is 10.3 Å². The van der Waals surface area contributed by atoms with Crippen LogP contribution in [0.4, 0.5) is 4.79 Å². The first-order valence-corrected chi connectivity index (χ1v) is 3.91. The predicted octanol–water partition coefficient (Wildman–Crippen LogP) is 0.315. The summed E-state index contributed by atoms with van der Waals surface area (Å²) in [6.07, 6.45) is 3.38. The van der Waals surface area contributed by atoms with Gasteiger partial charge in [-0.2, -0.15) is 0 Å². The average Bonchev–Trinajstić information content (AvgIpc) is 2.19. The zero-order valence-electron chi connectivity index (χ0n) is 7.32. The van der Waals surface area contributed by atoms with Crippen LogP contribution in [0.1, 0.15) is 18.5 Å². The van der Waals surface area contributed by atoms with Crippen molar-refractivity contribution < 1.29 is 4.79 Å². The lowest BCUT2D eigenvalue weighted by atomic mass is 10.1. The van der Waals surface area contributed by atoms with Gasteiger partial charge in [0.25, 0.3) is 0 Å². The Labute approximate surface area is 76.3 Å². The molecule has 5 heteroatoms. The summed E-state index contributed by atoms with van der Waals surface area (Å²) < 4.78 is 0. The van der Waals surface area contributed by atoms with Gasteiger partial charge in [0, 0.05) is 12.4 Å². The number of pyridine rings is 1. The number of hydrogen-bond donors (Lipinski definition) is 3. The second-order valence-electron chi connectivity index (χ2n) is 2.63. The first-order chi connectivity index (χ1) is 6.24. The minimum atomic E-state index is -0.406. The molecule has 13 heavy (non-hydrogen) atoms. The van der Waals surface area contributed by atoms with Gasteiger partial charge in [-0.15, -0.1) is 0 Å². The highest BCUT2D eigenvalue weighted by atomic mass is 16.2. The first kappa shape index (κ1) is 9.47. The van der Waals surface area contributed by atoms with E-state index in [9.17, 15) is 4.79 Å². The van der Waals surface area contributed by atoms with E-state index in [-0.39, 0.29) is 6.04 Å². The monoisotopic (exact) mass is 180 g/mol. The molecule has 1 atom stereocenters. The Balaban J connectivity index is 2.59. The largest absolute Gasteiger partial charge is 0.330 e. The van der Waals surface area contributed by atoms with Gasteiger partial charge in [0.15, 0.2) is 0 Å². The molecule has 1 rings (SSSR count). The van der Waals surface area contributed by atoms with Crippen LogP contribution in [0, 0.1) is 0 Å². The second-order valence-corrected chi connectivity index (χ2v) is 2.63. The molecule has 0 saturated carbocycles. The molecule has 1 unspecified atom stereocenters. The summed E-state index contributed by atoms with van der Waals surface area (Å²) in [5.74, 6) is 4.92. The molecule has 0 saturated heterocycles. The smallest absolute Gasteiger partial charge is 0.329 e. The molecule has 0 radical (unpaired) electrons. The molecule has 1 aromatic rings. The van der Waals surface area contributed by atoms with Crippen molar-refractivity contribution >= 4 is 6.03 Å². The van der Waals surface area contributed by atoms with Crippen molar-refractivity contribution in [2.75, 3.05) is 0 Å². The minimum absolute atomic E-state index is 0.0998. The standard InChI is InChI=1S/C8H12N4O/c1-6(11-8(13)12-9)7-3-2-4-10-5-7/h2-6H,9H2,1H3,(H2,11,12,13). The van der Waals surface area contributed by atoms with Crippen molar-refractivity contribution in [2.24, 2.45) is 5.84 Å². The van der Waals surface area contributed by atoms with Crippen LogP contribution in [0.25, 0.3) is 0 Å². The van der Waals surface area contributed by atoms with Gasteiger partial charge in [0.1, 0.15) is 0 Å². The highest BCUT2D eigenvalue weighted by molar-refractivity contribution is 5.73. The molecule has 5 nitrogen and oxygen atoms in total. The van der Waals surface area contributed by atoms with Crippen molar-refractivity contribution in [2.45, 2.75) is 13.0 Å². The highest BCUT2D eigenvalue weighted by Crippen LogP contribution is 2.08. The van der Waals surface area contributed by atoms with Gasteiger partial charge in [-0.1, -0.05) is 6.07 Å². The van der Waals surface area contributed by atoms with E-state index in [1.165, 1.54) is 0 Å². The number of nitrogens with one attached hydrogen (secondary N) is 2. The summed E-state index contributed by atoms with van der Waals surface area (Å²) in [4.78, 5) is 14.8. The molecule has 2 amide bonds. The molecule has 4 N–H and O–H groups in total. The van der Waals surface area contributed by atoms with Crippen molar-refractivity contribution in [3.8, 4) is 0 Å². The SMILES string of the molecule is CC(NC(=O)NN)c1cccnc1. The molecule has 0 aliphatic carbocycles.